The van der Waals surface area contributed by atoms with Crippen molar-refractivity contribution in [1.82, 2.24) is 15.0 Å². The topological polar surface area (TPSA) is 77.2 Å². The first-order valence-corrected chi connectivity index (χ1v) is 5.74. The van der Waals surface area contributed by atoms with Gasteiger partial charge in [0.05, 0.1) is 6.61 Å². The van der Waals surface area contributed by atoms with E-state index in [-0.39, 0.29) is 6.04 Å². The van der Waals surface area contributed by atoms with Gasteiger partial charge in [0, 0.05) is 39.1 Å². The standard InChI is InChI=1S/C12H17N5O/c1-17(7-9(13)8-18-2)11-4-3-10-12(16-11)15-6-5-14-10/h3-6,9H,7-8,13H2,1-2H3. The fourth-order valence-electron chi connectivity index (χ4n) is 1.77. The maximum atomic E-state index is 5.91. The lowest BCUT2D eigenvalue weighted by Crippen LogP contribution is -2.38. The van der Waals surface area contributed by atoms with E-state index in [1.54, 1.807) is 19.5 Å². The van der Waals surface area contributed by atoms with Gasteiger partial charge in [0.25, 0.3) is 0 Å². The maximum absolute atomic E-state index is 5.91. The number of likely N-dealkylation sites (N-methyl/N-ethyl adjacent to an activating group) is 1. The molecule has 0 fully saturated rings. The van der Waals surface area contributed by atoms with Gasteiger partial charge in [-0.1, -0.05) is 0 Å². The molecule has 0 bridgehead atoms. The Hall–Kier alpha value is -1.79. The molecule has 0 saturated carbocycles. The summed E-state index contributed by atoms with van der Waals surface area (Å²) in [5.74, 6) is 0.828. The van der Waals surface area contributed by atoms with Crippen LogP contribution in [0, 0.1) is 0 Å². The van der Waals surface area contributed by atoms with E-state index in [4.69, 9.17) is 10.5 Å². The summed E-state index contributed by atoms with van der Waals surface area (Å²) in [5.41, 5.74) is 7.34. The average molecular weight is 247 g/mol. The number of hydrogen-bond donors (Lipinski definition) is 1. The zero-order chi connectivity index (χ0) is 13.0. The van der Waals surface area contributed by atoms with Crippen LogP contribution < -0.4 is 10.6 Å². The average Bonchev–Trinajstić information content (AvgIpc) is 2.38. The molecule has 0 spiro atoms. The van der Waals surface area contributed by atoms with E-state index in [9.17, 15) is 0 Å². The number of rotatable bonds is 5. The van der Waals surface area contributed by atoms with Gasteiger partial charge in [-0.2, -0.15) is 0 Å². The largest absolute Gasteiger partial charge is 0.383 e. The molecule has 2 rings (SSSR count). The molecule has 0 amide bonds. The maximum Gasteiger partial charge on any atom is 0.180 e. The normalized spacial score (nSPS) is 12.6. The van der Waals surface area contributed by atoms with Crippen molar-refractivity contribution in [2.45, 2.75) is 6.04 Å². The van der Waals surface area contributed by atoms with Crippen molar-refractivity contribution < 1.29 is 4.74 Å². The fourth-order valence-corrected chi connectivity index (χ4v) is 1.77. The lowest BCUT2D eigenvalue weighted by Gasteiger charge is -2.21. The number of hydrogen-bond acceptors (Lipinski definition) is 6. The summed E-state index contributed by atoms with van der Waals surface area (Å²) < 4.78 is 5.02. The highest BCUT2D eigenvalue weighted by atomic mass is 16.5. The summed E-state index contributed by atoms with van der Waals surface area (Å²) in [5, 5.41) is 0. The van der Waals surface area contributed by atoms with Crippen molar-refractivity contribution in [3.63, 3.8) is 0 Å². The molecule has 2 N–H and O–H groups in total. The molecule has 0 radical (unpaired) electrons. The number of nitrogens with two attached hydrogens (primary N) is 1. The van der Waals surface area contributed by atoms with E-state index in [1.807, 2.05) is 24.1 Å². The molecule has 6 heteroatoms. The van der Waals surface area contributed by atoms with Gasteiger partial charge in [-0.25, -0.2) is 9.97 Å². The molecule has 2 heterocycles. The molecule has 6 nitrogen and oxygen atoms in total. The summed E-state index contributed by atoms with van der Waals surface area (Å²) in [6.07, 6.45) is 3.29. The zero-order valence-electron chi connectivity index (χ0n) is 10.6. The highest BCUT2D eigenvalue weighted by molar-refractivity contribution is 5.71. The molecule has 18 heavy (non-hydrogen) atoms. The number of pyridine rings is 1. The summed E-state index contributed by atoms with van der Waals surface area (Å²) in [4.78, 5) is 14.8. The minimum atomic E-state index is -0.0423. The van der Waals surface area contributed by atoms with Crippen LogP contribution in [0.3, 0.4) is 0 Å². The van der Waals surface area contributed by atoms with Gasteiger partial charge in [-0.3, -0.25) is 4.98 Å². The van der Waals surface area contributed by atoms with Gasteiger partial charge in [-0.05, 0) is 12.1 Å². The number of aromatic nitrogens is 3. The van der Waals surface area contributed by atoms with E-state index < -0.39 is 0 Å². The number of fused-ring (bicyclic) bond motifs is 1. The van der Waals surface area contributed by atoms with Crippen LogP contribution in [0.15, 0.2) is 24.5 Å². The quantitative estimate of drug-likeness (QED) is 0.826. The predicted molar refractivity (Wildman–Crippen MR) is 70.5 cm³/mol. The summed E-state index contributed by atoms with van der Waals surface area (Å²) in [6.45, 7) is 1.20. The molecule has 96 valence electrons. The van der Waals surface area contributed by atoms with E-state index in [1.165, 1.54) is 0 Å². The summed E-state index contributed by atoms with van der Waals surface area (Å²) in [7, 11) is 3.59. The highest BCUT2D eigenvalue weighted by Crippen LogP contribution is 2.13. The first-order valence-electron chi connectivity index (χ1n) is 5.74. The molecule has 1 atom stereocenters. The third-order valence-corrected chi connectivity index (χ3v) is 2.60. The Labute approximate surface area is 106 Å². The summed E-state index contributed by atoms with van der Waals surface area (Å²) in [6, 6.07) is 3.78. The van der Waals surface area contributed by atoms with Gasteiger partial charge in [-0.15, -0.1) is 0 Å². The smallest absolute Gasteiger partial charge is 0.180 e. The third-order valence-electron chi connectivity index (χ3n) is 2.60. The molecule has 0 saturated heterocycles. The molecule has 0 aromatic carbocycles. The molecule has 0 aliphatic heterocycles. The highest BCUT2D eigenvalue weighted by Gasteiger charge is 2.09. The molecule has 1 unspecified atom stereocenters. The van der Waals surface area contributed by atoms with Crippen LogP contribution in [0.25, 0.3) is 11.2 Å². The van der Waals surface area contributed by atoms with Gasteiger partial charge in [0.2, 0.25) is 0 Å². The molecule has 0 aliphatic carbocycles. The number of methoxy groups -OCH3 is 1. The van der Waals surface area contributed by atoms with Crippen LogP contribution in [0.1, 0.15) is 0 Å². The summed E-state index contributed by atoms with van der Waals surface area (Å²) >= 11 is 0. The fraction of sp³-hybridized carbons (Fsp3) is 0.417. The lowest BCUT2D eigenvalue weighted by molar-refractivity contribution is 0.181. The number of ether oxygens (including phenoxy) is 1. The zero-order valence-corrected chi connectivity index (χ0v) is 10.6. The van der Waals surface area contributed by atoms with Crippen LogP contribution in [0.2, 0.25) is 0 Å². The van der Waals surface area contributed by atoms with Crippen LogP contribution in [-0.4, -0.2) is 48.3 Å². The Morgan fingerprint density at radius 3 is 2.89 bits per heavy atom. The van der Waals surface area contributed by atoms with E-state index >= 15 is 0 Å². The van der Waals surface area contributed by atoms with Crippen LogP contribution in [-0.2, 0) is 4.74 Å². The number of nitrogens with zero attached hydrogens (tertiary/aromatic N) is 4. The van der Waals surface area contributed by atoms with Crippen molar-refractivity contribution in [1.29, 1.82) is 0 Å². The van der Waals surface area contributed by atoms with Crippen molar-refractivity contribution in [3.05, 3.63) is 24.5 Å². The molecular formula is C12H17N5O. The minimum absolute atomic E-state index is 0.0423. The molecule has 2 aromatic rings. The van der Waals surface area contributed by atoms with E-state index in [2.05, 4.69) is 15.0 Å². The monoisotopic (exact) mass is 247 g/mol. The van der Waals surface area contributed by atoms with Gasteiger partial charge >= 0.3 is 0 Å². The van der Waals surface area contributed by atoms with Crippen LogP contribution >= 0.6 is 0 Å². The van der Waals surface area contributed by atoms with Crippen molar-refractivity contribution in [2.75, 3.05) is 32.2 Å². The Kier molecular flexibility index (Phi) is 4.01. The first-order chi connectivity index (χ1) is 8.70. The predicted octanol–water partition coefficient (Wildman–Crippen LogP) is 0.435. The van der Waals surface area contributed by atoms with E-state index in [0.29, 0.717) is 18.8 Å². The number of anilines is 1. The van der Waals surface area contributed by atoms with Crippen LogP contribution in [0.4, 0.5) is 5.82 Å². The molecule has 2 aromatic heterocycles. The SMILES string of the molecule is COCC(N)CN(C)c1ccc2nccnc2n1. The van der Waals surface area contributed by atoms with Crippen LogP contribution in [0.5, 0.6) is 0 Å². The second-order valence-electron chi connectivity index (χ2n) is 4.16. The molecular weight excluding hydrogens is 230 g/mol. The second-order valence-corrected chi connectivity index (χ2v) is 4.16. The van der Waals surface area contributed by atoms with Crippen molar-refractivity contribution in [3.8, 4) is 0 Å². The Morgan fingerprint density at radius 1 is 1.33 bits per heavy atom. The third kappa shape index (κ3) is 2.91. The van der Waals surface area contributed by atoms with E-state index in [0.717, 1.165) is 11.3 Å². The van der Waals surface area contributed by atoms with Crippen molar-refractivity contribution >= 4 is 17.0 Å². The Morgan fingerprint density at radius 2 is 2.11 bits per heavy atom. The Balaban J connectivity index is 2.15. The van der Waals surface area contributed by atoms with Gasteiger partial charge in [0.1, 0.15) is 11.3 Å². The lowest BCUT2D eigenvalue weighted by atomic mass is 10.3. The van der Waals surface area contributed by atoms with Gasteiger partial charge in [0.15, 0.2) is 5.65 Å². The van der Waals surface area contributed by atoms with Crippen molar-refractivity contribution in [2.24, 2.45) is 5.73 Å². The Bertz CT molecular complexity index is 519. The first kappa shape index (κ1) is 12.7. The minimum Gasteiger partial charge on any atom is -0.383 e. The second kappa shape index (κ2) is 5.70. The van der Waals surface area contributed by atoms with Gasteiger partial charge < -0.3 is 15.4 Å². The molecule has 0 aliphatic rings.